The predicted molar refractivity (Wildman–Crippen MR) is 98.5 cm³/mol. The molecule has 1 N–H and O–H groups in total. The normalized spacial score (nSPS) is 14.5. The summed E-state index contributed by atoms with van der Waals surface area (Å²) in [5.74, 6) is 0.593. The zero-order valence-corrected chi connectivity index (χ0v) is 15.7. The average Bonchev–Trinajstić information content (AvgIpc) is 2.63. The number of ether oxygens (including phenoxy) is 3. The number of hydrogen-bond acceptors (Lipinski definition) is 5. The van der Waals surface area contributed by atoms with Crippen molar-refractivity contribution in [2.24, 2.45) is 0 Å². The maximum Gasteiger partial charge on any atom is 0.310 e. The van der Waals surface area contributed by atoms with Gasteiger partial charge in [0.2, 0.25) is 0 Å². The van der Waals surface area contributed by atoms with E-state index >= 15 is 0 Å². The summed E-state index contributed by atoms with van der Waals surface area (Å²) in [5.41, 5.74) is 0.759. The van der Waals surface area contributed by atoms with E-state index in [1.165, 1.54) is 6.42 Å². The van der Waals surface area contributed by atoms with Crippen molar-refractivity contribution in [3.05, 3.63) is 23.8 Å². The van der Waals surface area contributed by atoms with Crippen LogP contribution in [-0.2, 0) is 20.7 Å². The van der Waals surface area contributed by atoms with Crippen molar-refractivity contribution in [3.63, 3.8) is 0 Å². The zero-order valence-electron chi connectivity index (χ0n) is 15.7. The number of hydrogen-bond donors (Lipinski definition) is 1. The molecular formula is C20H29NO5. The van der Waals surface area contributed by atoms with E-state index in [0.717, 1.165) is 31.2 Å². The lowest BCUT2D eigenvalue weighted by Crippen LogP contribution is -2.38. The van der Waals surface area contributed by atoms with Gasteiger partial charge in [-0.1, -0.05) is 25.3 Å². The summed E-state index contributed by atoms with van der Waals surface area (Å²) in [6, 6.07) is 5.58. The van der Waals surface area contributed by atoms with Crippen LogP contribution in [-0.4, -0.2) is 37.7 Å². The second kappa shape index (κ2) is 10.7. The van der Waals surface area contributed by atoms with Crippen LogP contribution in [0.5, 0.6) is 11.5 Å². The molecule has 0 spiro atoms. The molecule has 1 aromatic carbocycles. The fourth-order valence-electron chi connectivity index (χ4n) is 3.09. The summed E-state index contributed by atoms with van der Waals surface area (Å²) in [6.07, 6.45) is 5.61. The zero-order chi connectivity index (χ0) is 18.8. The van der Waals surface area contributed by atoms with Gasteiger partial charge in [-0.25, -0.2) is 0 Å². The minimum absolute atomic E-state index is 0.0865. The predicted octanol–water partition coefficient (Wildman–Crippen LogP) is 3.02. The number of benzene rings is 1. The maximum atomic E-state index is 12.0. The van der Waals surface area contributed by atoms with Crippen LogP contribution in [0.15, 0.2) is 18.2 Å². The third kappa shape index (κ3) is 6.58. The number of carbonyl (C=O) groups excluding carboxylic acids is 2. The SMILES string of the molecule is CCOc1ccc(CC(=O)OCC(=O)NC2CCCCC2)cc1OCC. The third-order valence-electron chi connectivity index (χ3n) is 4.29. The lowest BCUT2D eigenvalue weighted by Gasteiger charge is -2.22. The van der Waals surface area contributed by atoms with Gasteiger partial charge in [-0.3, -0.25) is 9.59 Å². The fourth-order valence-corrected chi connectivity index (χ4v) is 3.09. The molecule has 1 aliphatic rings. The molecule has 144 valence electrons. The van der Waals surface area contributed by atoms with Gasteiger partial charge in [0.25, 0.3) is 5.91 Å². The second-order valence-corrected chi connectivity index (χ2v) is 6.39. The van der Waals surface area contributed by atoms with Gasteiger partial charge in [0.15, 0.2) is 18.1 Å². The minimum atomic E-state index is -0.435. The molecule has 1 aliphatic carbocycles. The standard InChI is InChI=1S/C20H29NO5/c1-3-24-17-11-10-15(12-18(17)25-4-2)13-20(23)26-14-19(22)21-16-8-6-5-7-9-16/h10-12,16H,3-9,13-14H2,1-2H3,(H,21,22). The molecule has 1 amide bonds. The van der Waals surface area contributed by atoms with E-state index in [1.807, 2.05) is 13.8 Å². The quantitative estimate of drug-likeness (QED) is 0.683. The Bertz CT molecular complexity index is 596. The van der Waals surface area contributed by atoms with Crippen LogP contribution in [0.3, 0.4) is 0 Å². The van der Waals surface area contributed by atoms with E-state index in [-0.39, 0.29) is 25.0 Å². The van der Waals surface area contributed by atoms with Crippen LogP contribution in [0.1, 0.15) is 51.5 Å². The Morgan fingerprint density at radius 3 is 2.42 bits per heavy atom. The first-order valence-electron chi connectivity index (χ1n) is 9.45. The summed E-state index contributed by atoms with van der Waals surface area (Å²) in [6.45, 7) is 4.61. The summed E-state index contributed by atoms with van der Waals surface area (Å²) in [4.78, 5) is 23.9. The summed E-state index contributed by atoms with van der Waals surface area (Å²) >= 11 is 0. The van der Waals surface area contributed by atoms with Crippen molar-refractivity contribution in [1.82, 2.24) is 5.32 Å². The van der Waals surface area contributed by atoms with Crippen molar-refractivity contribution in [2.75, 3.05) is 19.8 Å². The Hall–Kier alpha value is -2.24. The molecular weight excluding hydrogens is 334 g/mol. The van der Waals surface area contributed by atoms with Crippen LogP contribution in [0.4, 0.5) is 0 Å². The van der Waals surface area contributed by atoms with Gasteiger partial charge in [-0.15, -0.1) is 0 Å². The molecule has 0 atom stereocenters. The van der Waals surface area contributed by atoms with Gasteiger partial charge < -0.3 is 19.5 Å². The van der Waals surface area contributed by atoms with E-state index in [1.54, 1.807) is 18.2 Å². The lowest BCUT2D eigenvalue weighted by molar-refractivity contribution is -0.148. The van der Waals surface area contributed by atoms with Crippen molar-refractivity contribution in [2.45, 2.75) is 58.4 Å². The van der Waals surface area contributed by atoms with E-state index in [9.17, 15) is 9.59 Å². The van der Waals surface area contributed by atoms with Crippen molar-refractivity contribution >= 4 is 11.9 Å². The highest BCUT2D eigenvalue weighted by atomic mass is 16.5. The molecule has 0 heterocycles. The Kier molecular flexibility index (Phi) is 8.25. The molecule has 0 saturated heterocycles. The van der Waals surface area contributed by atoms with Gasteiger partial charge >= 0.3 is 5.97 Å². The van der Waals surface area contributed by atoms with Gasteiger partial charge in [0.1, 0.15) is 0 Å². The Balaban J connectivity index is 1.81. The highest BCUT2D eigenvalue weighted by Crippen LogP contribution is 2.28. The summed E-state index contributed by atoms with van der Waals surface area (Å²) in [7, 11) is 0. The second-order valence-electron chi connectivity index (χ2n) is 6.39. The van der Waals surface area contributed by atoms with E-state index < -0.39 is 5.97 Å². The number of rotatable bonds is 9. The summed E-state index contributed by atoms with van der Waals surface area (Å²) in [5, 5.41) is 2.93. The first-order valence-corrected chi connectivity index (χ1v) is 9.45. The Morgan fingerprint density at radius 2 is 1.73 bits per heavy atom. The summed E-state index contributed by atoms with van der Waals surface area (Å²) < 4.78 is 16.2. The van der Waals surface area contributed by atoms with E-state index in [0.29, 0.717) is 24.7 Å². The van der Waals surface area contributed by atoms with Crippen LogP contribution in [0.25, 0.3) is 0 Å². The lowest BCUT2D eigenvalue weighted by atomic mass is 9.95. The highest BCUT2D eigenvalue weighted by molar-refractivity contribution is 5.81. The largest absolute Gasteiger partial charge is 0.490 e. The number of carbonyl (C=O) groups is 2. The minimum Gasteiger partial charge on any atom is -0.490 e. The molecule has 1 aromatic rings. The number of nitrogens with one attached hydrogen (secondary N) is 1. The molecule has 1 fully saturated rings. The van der Waals surface area contributed by atoms with Gasteiger partial charge in [0, 0.05) is 6.04 Å². The van der Waals surface area contributed by atoms with Crippen LogP contribution >= 0.6 is 0 Å². The van der Waals surface area contributed by atoms with Crippen LogP contribution in [0, 0.1) is 0 Å². The average molecular weight is 363 g/mol. The third-order valence-corrected chi connectivity index (χ3v) is 4.29. The Labute approximate surface area is 155 Å². The molecule has 6 heteroatoms. The van der Waals surface area contributed by atoms with Crippen LogP contribution in [0.2, 0.25) is 0 Å². The van der Waals surface area contributed by atoms with Gasteiger partial charge in [-0.05, 0) is 44.4 Å². The van der Waals surface area contributed by atoms with E-state index in [4.69, 9.17) is 14.2 Å². The highest BCUT2D eigenvalue weighted by Gasteiger charge is 2.17. The van der Waals surface area contributed by atoms with Crippen molar-refractivity contribution in [1.29, 1.82) is 0 Å². The molecule has 0 unspecified atom stereocenters. The van der Waals surface area contributed by atoms with Gasteiger partial charge in [-0.2, -0.15) is 0 Å². The molecule has 0 bridgehead atoms. The molecule has 0 radical (unpaired) electrons. The Morgan fingerprint density at radius 1 is 1.04 bits per heavy atom. The molecule has 0 aliphatic heterocycles. The fraction of sp³-hybridized carbons (Fsp3) is 0.600. The van der Waals surface area contributed by atoms with Crippen molar-refractivity contribution < 1.29 is 23.8 Å². The first kappa shape index (κ1) is 20.1. The first-order chi connectivity index (χ1) is 12.6. The maximum absolute atomic E-state index is 12.0. The van der Waals surface area contributed by atoms with Gasteiger partial charge in [0.05, 0.1) is 19.6 Å². The molecule has 6 nitrogen and oxygen atoms in total. The number of amides is 1. The van der Waals surface area contributed by atoms with E-state index in [2.05, 4.69) is 5.32 Å². The molecule has 1 saturated carbocycles. The molecule has 0 aromatic heterocycles. The van der Waals surface area contributed by atoms with Crippen LogP contribution < -0.4 is 14.8 Å². The number of esters is 1. The monoisotopic (exact) mass is 363 g/mol. The van der Waals surface area contributed by atoms with Crippen molar-refractivity contribution in [3.8, 4) is 11.5 Å². The molecule has 2 rings (SSSR count). The molecule has 26 heavy (non-hydrogen) atoms. The topological polar surface area (TPSA) is 73.9 Å². The smallest absolute Gasteiger partial charge is 0.310 e.